The van der Waals surface area contributed by atoms with Crippen LogP contribution in [-0.2, 0) is 27.0 Å². The lowest BCUT2D eigenvalue weighted by atomic mass is 9.90. The van der Waals surface area contributed by atoms with Crippen LogP contribution < -0.4 is 5.32 Å². The molecule has 0 bridgehead atoms. The number of nitrogens with zero attached hydrogens (tertiary/aromatic N) is 1. The second-order valence-corrected chi connectivity index (χ2v) is 6.93. The van der Waals surface area contributed by atoms with Gasteiger partial charge in [-0.1, -0.05) is 19.1 Å². The number of halogens is 3. The van der Waals surface area contributed by atoms with Gasteiger partial charge in [0.2, 0.25) is 5.91 Å². The number of morpholine rings is 1. The Kier molecular flexibility index (Phi) is 5.65. The molecule has 0 radical (unpaired) electrons. The maximum absolute atomic E-state index is 13.6. The molecule has 1 aliphatic heterocycles. The molecule has 0 aliphatic carbocycles. The summed E-state index contributed by atoms with van der Waals surface area (Å²) in [6.07, 6.45) is -4.63. The molecular weight excluding hydrogens is 349 g/mol. The number of nitrogens with one attached hydrogen (secondary N) is 1. The van der Waals surface area contributed by atoms with E-state index >= 15 is 0 Å². The number of carbonyl (C=O) groups is 2. The summed E-state index contributed by atoms with van der Waals surface area (Å²) >= 11 is 0. The summed E-state index contributed by atoms with van der Waals surface area (Å²) in [6, 6.07) is 2.54. The summed E-state index contributed by atoms with van der Waals surface area (Å²) in [5.41, 5.74) is -1.58. The van der Waals surface area contributed by atoms with Crippen molar-refractivity contribution in [2.24, 2.45) is 0 Å². The standard InChI is InChI=1S/C18H23F3N2O3/c1-5-23-10-17(3,4)26-16(25)15(23)14-12(9-22-11(2)24)7-6-8-13(14)18(19,20)21/h6-8,15H,5,9-10H2,1-4H3,(H,22,24). The third-order valence-electron chi connectivity index (χ3n) is 4.26. The summed E-state index contributed by atoms with van der Waals surface area (Å²) < 4.78 is 46.3. The molecule has 1 unspecified atom stereocenters. The van der Waals surface area contributed by atoms with Gasteiger partial charge in [-0.05, 0) is 37.6 Å². The van der Waals surface area contributed by atoms with Crippen LogP contribution in [0.25, 0.3) is 0 Å². The van der Waals surface area contributed by atoms with E-state index in [1.54, 1.807) is 25.7 Å². The van der Waals surface area contributed by atoms with E-state index in [1.807, 2.05) is 0 Å². The van der Waals surface area contributed by atoms with E-state index < -0.39 is 29.4 Å². The van der Waals surface area contributed by atoms with Crippen LogP contribution in [0.15, 0.2) is 18.2 Å². The van der Waals surface area contributed by atoms with E-state index in [1.165, 1.54) is 19.1 Å². The maximum Gasteiger partial charge on any atom is 0.416 e. The minimum Gasteiger partial charge on any atom is -0.457 e. The Morgan fingerprint density at radius 1 is 1.38 bits per heavy atom. The fourth-order valence-electron chi connectivity index (χ4n) is 3.24. The van der Waals surface area contributed by atoms with E-state index in [0.717, 1.165) is 6.07 Å². The van der Waals surface area contributed by atoms with Crippen LogP contribution in [0.1, 0.15) is 50.4 Å². The molecule has 1 aromatic rings. The first-order chi connectivity index (χ1) is 12.0. The lowest BCUT2D eigenvalue weighted by Gasteiger charge is -2.43. The van der Waals surface area contributed by atoms with Crippen molar-refractivity contribution in [1.82, 2.24) is 10.2 Å². The Bertz CT molecular complexity index is 701. The van der Waals surface area contributed by atoms with Gasteiger partial charge < -0.3 is 10.1 Å². The fourth-order valence-corrected chi connectivity index (χ4v) is 3.24. The molecule has 0 saturated carbocycles. The van der Waals surface area contributed by atoms with Gasteiger partial charge in [-0.3, -0.25) is 9.69 Å². The van der Waals surface area contributed by atoms with Crippen molar-refractivity contribution in [3.8, 4) is 0 Å². The monoisotopic (exact) mass is 372 g/mol. The highest BCUT2D eigenvalue weighted by Gasteiger charge is 2.45. The average Bonchev–Trinajstić information content (AvgIpc) is 2.50. The number of likely N-dealkylation sites (N-methyl/N-ethyl adjacent to an activating group) is 1. The van der Waals surface area contributed by atoms with E-state index in [-0.39, 0.29) is 23.6 Å². The Morgan fingerprint density at radius 3 is 2.58 bits per heavy atom. The number of hydrogen-bond acceptors (Lipinski definition) is 4. The summed E-state index contributed by atoms with van der Waals surface area (Å²) in [7, 11) is 0. The normalized spacial score (nSPS) is 20.6. The Hall–Kier alpha value is -2.09. The van der Waals surface area contributed by atoms with Gasteiger partial charge in [0.1, 0.15) is 11.6 Å². The summed E-state index contributed by atoms with van der Waals surface area (Å²) in [6.45, 7) is 7.10. The van der Waals surface area contributed by atoms with Gasteiger partial charge in [0.15, 0.2) is 0 Å². The van der Waals surface area contributed by atoms with Gasteiger partial charge in [0, 0.05) is 20.0 Å². The molecule has 1 aliphatic rings. The molecular formula is C18H23F3N2O3. The lowest BCUT2D eigenvalue weighted by molar-refractivity contribution is -0.179. The van der Waals surface area contributed by atoms with Crippen molar-refractivity contribution in [3.05, 3.63) is 34.9 Å². The molecule has 2 rings (SSSR count). The van der Waals surface area contributed by atoms with Crippen LogP contribution in [0.4, 0.5) is 13.2 Å². The molecule has 0 aromatic heterocycles. The molecule has 1 atom stereocenters. The van der Waals surface area contributed by atoms with E-state index in [0.29, 0.717) is 13.1 Å². The highest BCUT2D eigenvalue weighted by atomic mass is 19.4. The van der Waals surface area contributed by atoms with Crippen LogP contribution in [0, 0.1) is 0 Å². The lowest BCUT2D eigenvalue weighted by Crippen LogP contribution is -2.53. The number of amides is 1. The van der Waals surface area contributed by atoms with Crippen LogP contribution in [0.2, 0.25) is 0 Å². The highest BCUT2D eigenvalue weighted by molar-refractivity contribution is 5.80. The zero-order valence-corrected chi connectivity index (χ0v) is 15.2. The summed E-state index contributed by atoms with van der Waals surface area (Å²) in [5.74, 6) is -1.09. The molecule has 1 aromatic carbocycles. The SMILES string of the molecule is CCN1CC(C)(C)OC(=O)C1c1c(CNC(C)=O)cccc1C(F)(F)F. The topological polar surface area (TPSA) is 58.6 Å². The van der Waals surface area contributed by atoms with Gasteiger partial charge in [-0.15, -0.1) is 0 Å². The molecule has 5 nitrogen and oxygen atoms in total. The molecule has 1 amide bonds. The number of ether oxygens (including phenoxy) is 1. The van der Waals surface area contributed by atoms with Crippen molar-refractivity contribution in [1.29, 1.82) is 0 Å². The summed E-state index contributed by atoms with van der Waals surface area (Å²) in [5, 5.41) is 2.51. The third kappa shape index (κ3) is 4.35. The first-order valence-corrected chi connectivity index (χ1v) is 8.36. The van der Waals surface area contributed by atoms with Crippen molar-refractivity contribution in [2.75, 3.05) is 13.1 Å². The minimum absolute atomic E-state index is 0.0979. The Morgan fingerprint density at radius 2 is 2.04 bits per heavy atom. The molecule has 1 saturated heterocycles. The first kappa shape index (κ1) is 20.2. The number of rotatable bonds is 4. The number of esters is 1. The van der Waals surface area contributed by atoms with Gasteiger partial charge in [-0.2, -0.15) is 13.2 Å². The predicted octanol–water partition coefficient (Wildman–Crippen LogP) is 3.04. The Labute approximate surface area is 150 Å². The predicted molar refractivity (Wildman–Crippen MR) is 89.1 cm³/mol. The second-order valence-electron chi connectivity index (χ2n) is 6.93. The average molecular weight is 372 g/mol. The van der Waals surface area contributed by atoms with Crippen LogP contribution in [-0.4, -0.2) is 35.5 Å². The van der Waals surface area contributed by atoms with Gasteiger partial charge >= 0.3 is 12.1 Å². The smallest absolute Gasteiger partial charge is 0.416 e. The minimum atomic E-state index is -4.63. The molecule has 144 valence electrons. The second kappa shape index (κ2) is 7.26. The van der Waals surface area contributed by atoms with Crippen molar-refractivity contribution >= 4 is 11.9 Å². The quantitative estimate of drug-likeness (QED) is 0.826. The first-order valence-electron chi connectivity index (χ1n) is 8.36. The van der Waals surface area contributed by atoms with E-state index in [2.05, 4.69) is 5.32 Å². The van der Waals surface area contributed by atoms with E-state index in [4.69, 9.17) is 4.74 Å². The van der Waals surface area contributed by atoms with Gasteiger partial charge in [0.05, 0.1) is 5.56 Å². The summed E-state index contributed by atoms with van der Waals surface area (Å²) in [4.78, 5) is 25.5. The number of carbonyl (C=O) groups excluding carboxylic acids is 2. The van der Waals surface area contributed by atoms with Crippen LogP contribution in [0.3, 0.4) is 0 Å². The molecule has 8 heteroatoms. The number of hydrogen-bond donors (Lipinski definition) is 1. The zero-order chi connectivity index (χ0) is 19.7. The molecule has 1 fully saturated rings. The highest BCUT2D eigenvalue weighted by Crippen LogP contribution is 2.41. The van der Waals surface area contributed by atoms with Crippen molar-refractivity contribution in [3.63, 3.8) is 0 Å². The number of cyclic esters (lactones) is 1. The third-order valence-corrected chi connectivity index (χ3v) is 4.26. The van der Waals surface area contributed by atoms with Crippen LogP contribution >= 0.6 is 0 Å². The zero-order valence-electron chi connectivity index (χ0n) is 15.2. The fraction of sp³-hybridized carbons (Fsp3) is 0.556. The maximum atomic E-state index is 13.6. The van der Waals surface area contributed by atoms with Crippen molar-refractivity contribution in [2.45, 2.75) is 52.1 Å². The molecule has 0 spiro atoms. The molecule has 26 heavy (non-hydrogen) atoms. The Balaban J connectivity index is 2.60. The van der Waals surface area contributed by atoms with Crippen molar-refractivity contribution < 1.29 is 27.5 Å². The largest absolute Gasteiger partial charge is 0.457 e. The number of benzene rings is 1. The van der Waals surface area contributed by atoms with Gasteiger partial charge in [-0.25, -0.2) is 4.79 Å². The van der Waals surface area contributed by atoms with E-state index in [9.17, 15) is 22.8 Å². The molecule has 1 N–H and O–H groups in total. The molecule has 1 heterocycles. The van der Waals surface area contributed by atoms with Crippen LogP contribution in [0.5, 0.6) is 0 Å². The number of alkyl halides is 3. The van der Waals surface area contributed by atoms with Gasteiger partial charge in [0.25, 0.3) is 0 Å².